The molecule has 4 aliphatic rings. The zero-order chi connectivity index (χ0) is 22.9. The first-order chi connectivity index (χ1) is 15.0. The van der Waals surface area contributed by atoms with Crippen LogP contribution in [-0.2, 0) is 33.3 Å². The van der Waals surface area contributed by atoms with Crippen molar-refractivity contribution in [2.45, 2.75) is 96.9 Å². The van der Waals surface area contributed by atoms with Gasteiger partial charge in [-0.2, -0.15) is 0 Å². The smallest absolute Gasteiger partial charge is 0.233 e. The van der Waals surface area contributed by atoms with E-state index in [1.54, 1.807) is 0 Å². The molecule has 1 spiro atoms. The van der Waals surface area contributed by atoms with Crippen molar-refractivity contribution in [2.24, 2.45) is 5.16 Å². The average Bonchev–Trinajstić information content (AvgIpc) is 3.33. The van der Waals surface area contributed by atoms with Gasteiger partial charge in [0.1, 0.15) is 24.9 Å². The molecular weight excluding hydrogens is 414 g/mol. The Bertz CT molecular complexity index is 917. The van der Waals surface area contributed by atoms with Crippen molar-refractivity contribution in [3.05, 3.63) is 34.4 Å². The highest BCUT2D eigenvalue weighted by atomic mass is 16.9. The second-order valence-corrected chi connectivity index (χ2v) is 10.2. The van der Waals surface area contributed by atoms with Gasteiger partial charge in [0, 0.05) is 5.56 Å². The van der Waals surface area contributed by atoms with Crippen molar-refractivity contribution >= 4 is 5.71 Å². The fourth-order valence-electron chi connectivity index (χ4n) is 5.32. The van der Waals surface area contributed by atoms with E-state index in [0.717, 1.165) is 11.3 Å². The van der Waals surface area contributed by atoms with Crippen LogP contribution in [0.15, 0.2) is 17.3 Å². The molecule has 4 aliphatic heterocycles. The summed E-state index contributed by atoms with van der Waals surface area (Å²) in [7, 11) is 0. The highest BCUT2D eigenvalue weighted by Crippen LogP contribution is 2.46. The van der Waals surface area contributed by atoms with Crippen molar-refractivity contribution in [2.75, 3.05) is 13.2 Å². The number of rotatable bonds is 3. The van der Waals surface area contributed by atoms with Gasteiger partial charge < -0.3 is 33.3 Å². The minimum atomic E-state index is -1.10. The Kier molecular flexibility index (Phi) is 5.20. The Morgan fingerprint density at radius 2 is 1.69 bits per heavy atom. The van der Waals surface area contributed by atoms with Gasteiger partial charge in [0.05, 0.1) is 18.7 Å². The maximum atomic E-state index is 6.47. The molecule has 0 aromatic heterocycles. The quantitative estimate of drug-likeness (QED) is 0.702. The van der Waals surface area contributed by atoms with E-state index < -0.39 is 29.8 Å². The summed E-state index contributed by atoms with van der Waals surface area (Å²) < 4.78 is 37.0. The molecule has 0 N–H and O–H groups in total. The Morgan fingerprint density at radius 3 is 2.34 bits per heavy atom. The van der Waals surface area contributed by atoms with Crippen LogP contribution < -0.4 is 0 Å². The zero-order valence-corrected chi connectivity index (χ0v) is 19.9. The number of hydrogen-bond acceptors (Lipinski definition) is 8. The summed E-state index contributed by atoms with van der Waals surface area (Å²) in [5.41, 5.74) is 5.56. The molecule has 176 valence electrons. The van der Waals surface area contributed by atoms with E-state index in [1.807, 2.05) is 27.7 Å². The maximum Gasteiger partial charge on any atom is 0.233 e. The molecule has 0 radical (unpaired) electrons. The molecule has 8 heteroatoms. The standard InChI is InChI=1S/C24H33NO7/c1-13-8-14(2)19(15(3)9-13)16-10-18(31-25-16)28-21-20-17(29-23(6,7)30-20)11-26-24(21)12-27-22(4,5)32-24/h8-9,17-18,20-21H,10-12H2,1-7H3/t17-,18?,20-,21-,24+/m1/s1. The molecule has 1 aromatic rings. The summed E-state index contributed by atoms with van der Waals surface area (Å²) in [5.74, 6) is -2.64. The van der Waals surface area contributed by atoms with E-state index in [2.05, 4.69) is 38.1 Å². The van der Waals surface area contributed by atoms with E-state index in [1.165, 1.54) is 16.7 Å². The number of benzene rings is 1. The van der Waals surface area contributed by atoms with Crippen LogP contribution in [0.1, 0.15) is 56.4 Å². The molecule has 8 nitrogen and oxygen atoms in total. The topological polar surface area (TPSA) is 77.0 Å². The minimum Gasteiger partial charge on any atom is -0.363 e. The summed E-state index contributed by atoms with van der Waals surface area (Å²) in [6.45, 7) is 14.4. The second-order valence-electron chi connectivity index (χ2n) is 10.2. The lowest BCUT2D eigenvalue weighted by molar-refractivity contribution is -0.353. The van der Waals surface area contributed by atoms with Gasteiger partial charge in [-0.25, -0.2) is 0 Å². The highest BCUT2D eigenvalue weighted by Gasteiger charge is 2.64. The predicted molar refractivity (Wildman–Crippen MR) is 115 cm³/mol. The normalized spacial score (nSPS) is 37.4. The Morgan fingerprint density at radius 1 is 0.969 bits per heavy atom. The first kappa shape index (κ1) is 22.3. The summed E-state index contributed by atoms with van der Waals surface area (Å²) in [4.78, 5) is 5.74. The number of aryl methyl sites for hydroxylation is 3. The third-order valence-corrected chi connectivity index (χ3v) is 6.39. The van der Waals surface area contributed by atoms with E-state index in [0.29, 0.717) is 13.0 Å². The molecule has 0 amide bonds. The average molecular weight is 448 g/mol. The van der Waals surface area contributed by atoms with Crippen LogP contribution >= 0.6 is 0 Å². The minimum absolute atomic E-state index is 0.230. The van der Waals surface area contributed by atoms with E-state index in [4.69, 9.17) is 33.3 Å². The van der Waals surface area contributed by atoms with Gasteiger partial charge in [0.2, 0.25) is 12.1 Å². The fraction of sp³-hybridized carbons (Fsp3) is 0.708. The molecule has 0 bridgehead atoms. The van der Waals surface area contributed by atoms with Gasteiger partial charge in [-0.1, -0.05) is 22.9 Å². The first-order valence-corrected chi connectivity index (χ1v) is 11.3. The molecule has 5 atom stereocenters. The van der Waals surface area contributed by atoms with Crippen LogP contribution in [0.5, 0.6) is 0 Å². The van der Waals surface area contributed by atoms with Crippen molar-refractivity contribution in [3.8, 4) is 0 Å². The summed E-state index contributed by atoms with van der Waals surface area (Å²) in [5, 5.41) is 4.37. The van der Waals surface area contributed by atoms with Gasteiger partial charge >= 0.3 is 0 Å². The SMILES string of the molecule is Cc1cc(C)c(C2=NOC(O[C@@H]3[C@@H]4OC(C)(C)O[C@@H]4CO[C@]34COC(C)(C)O4)C2)c(C)c1. The van der Waals surface area contributed by atoms with E-state index in [9.17, 15) is 0 Å². The largest absolute Gasteiger partial charge is 0.363 e. The van der Waals surface area contributed by atoms with Crippen LogP contribution in [0.2, 0.25) is 0 Å². The number of fused-ring (bicyclic) bond motifs is 1. The molecule has 1 unspecified atom stereocenters. The molecule has 32 heavy (non-hydrogen) atoms. The third kappa shape index (κ3) is 3.87. The van der Waals surface area contributed by atoms with Crippen LogP contribution in [0.25, 0.3) is 0 Å². The lowest BCUT2D eigenvalue weighted by Crippen LogP contribution is -2.63. The molecule has 0 aliphatic carbocycles. The van der Waals surface area contributed by atoms with Gasteiger partial charge in [-0.15, -0.1) is 0 Å². The molecule has 1 aromatic carbocycles. The van der Waals surface area contributed by atoms with E-state index >= 15 is 0 Å². The number of hydrogen-bond donors (Lipinski definition) is 0. The van der Waals surface area contributed by atoms with Crippen LogP contribution in [0.4, 0.5) is 0 Å². The first-order valence-electron chi connectivity index (χ1n) is 11.3. The van der Waals surface area contributed by atoms with Crippen molar-refractivity contribution in [1.82, 2.24) is 0 Å². The molecule has 0 saturated carbocycles. The summed E-state index contributed by atoms with van der Waals surface area (Å²) in [6.07, 6.45) is -1.33. The van der Waals surface area contributed by atoms with Crippen molar-refractivity contribution < 1.29 is 33.3 Å². The number of nitrogens with zero attached hydrogens (tertiary/aromatic N) is 1. The zero-order valence-electron chi connectivity index (χ0n) is 19.9. The Labute approximate surface area is 189 Å². The molecular formula is C24H33NO7. The fourth-order valence-corrected chi connectivity index (χ4v) is 5.32. The molecule has 5 rings (SSSR count). The number of ether oxygens (including phenoxy) is 6. The molecule has 4 heterocycles. The maximum absolute atomic E-state index is 6.47. The van der Waals surface area contributed by atoms with Crippen molar-refractivity contribution in [1.29, 1.82) is 0 Å². The molecule has 3 fully saturated rings. The number of oxime groups is 1. The lowest BCUT2D eigenvalue weighted by Gasteiger charge is -2.44. The Balaban J connectivity index is 1.38. The lowest BCUT2D eigenvalue weighted by atomic mass is 9.94. The predicted octanol–water partition coefficient (Wildman–Crippen LogP) is 3.48. The Hall–Kier alpha value is -1.55. The van der Waals surface area contributed by atoms with Crippen LogP contribution in [0, 0.1) is 20.8 Å². The van der Waals surface area contributed by atoms with Gasteiger partial charge in [-0.3, -0.25) is 0 Å². The van der Waals surface area contributed by atoms with Crippen molar-refractivity contribution in [3.63, 3.8) is 0 Å². The highest BCUT2D eigenvalue weighted by molar-refractivity contribution is 6.03. The third-order valence-electron chi connectivity index (χ3n) is 6.39. The van der Waals surface area contributed by atoms with E-state index in [-0.39, 0.29) is 18.8 Å². The van der Waals surface area contributed by atoms with Crippen LogP contribution in [0.3, 0.4) is 0 Å². The van der Waals surface area contributed by atoms with Gasteiger partial charge in [0.25, 0.3) is 0 Å². The summed E-state index contributed by atoms with van der Waals surface area (Å²) >= 11 is 0. The summed E-state index contributed by atoms with van der Waals surface area (Å²) in [6, 6.07) is 4.32. The molecule has 3 saturated heterocycles. The monoisotopic (exact) mass is 447 g/mol. The van der Waals surface area contributed by atoms with Crippen LogP contribution in [-0.4, -0.2) is 60.9 Å². The van der Waals surface area contributed by atoms with Gasteiger partial charge in [0.15, 0.2) is 11.6 Å². The van der Waals surface area contributed by atoms with Gasteiger partial charge in [-0.05, 0) is 59.6 Å². The second kappa shape index (κ2) is 7.48.